The van der Waals surface area contributed by atoms with Gasteiger partial charge in [-0.1, -0.05) is 96.0 Å². The molecule has 35 heavy (non-hydrogen) atoms. The molecular formula is C31H50F3N. The van der Waals surface area contributed by atoms with E-state index in [2.05, 4.69) is 52.0 Å². The lowest BCUT2D eigenvalue weighted by Gasteiger charge is -2.15. The summed E-state index contributed by atoms with van der Waals surface area (Å²) in [6, 6.07) is 12.6. The Labute approximate surface area is 213 Å². The molecule has 2 aromatic carbocycles. The number of rotatable bonds is 11. The van der Waals surface area contributed by atoms with Gasteiger partial charge in [-0.05, 0) is 86.9 Å². The van der Waals surface area contributed by atoms with Gasteiger partial charge in [0.2, 0.25) is 0 Å². The van der Waals surface area contributed by atoms with Gasteiger partial charge in [0.05, 0.1) is 5.56 Å². The predicted molar refractivity (Wildman–Crippen MR) is 147 cm³/mol. The zero-order chi connectivity index (χ0) is 26.7. The third kappa shape index (κ3) is 15.7. The number of alkyl halides is 3. The molecule has 0 spiro atoms. The Morgan fingerprint density at radius 2 is 1.34 bits per heavy atom. The maximum absolute atomic E-state index is 12.1. The molecule has 0 aromatic heterocycles. The average molecular weight is 494 g/mol. The lowest BCUT2D eigenvalue weighted by atomic mass is 9.91. The fraction of sp³-hybridized carbons (Fsp3) is 0.613. The fourth-order valence-electron chi connectivity index (χ4n) is 4.01. The maximum atomic E-state index is 12.1. The van der Waals surface area contributed by atoms with E-state index in [9.17, 15) is 13.2 Å². The summed E-state index contributed by atoms with van der Waals surface area (Å²) in [5.74, 6) is 0.983. The van der Waals surface area contributed by atoms with Crippen molar-refractivity contribution in [2.45, 2.75) is 112 Å². The number of hydrogen-bond acceptors (Lipinski definition) is 1. The molecular weight excluding hydrogens is 443 g/mol. The molecule has 1 nitrogen and oxygen atoms in total. The standard InChI is InChI=1S/C18H30.C9H9F3.C4H11N/c1-4-10-17(11-5-2)13-7-9-15-18-14-8-6-12-16(18)3;1-6-3-4-8(5-7(6)2)9(10,11)12;1-2-3-4-5/h6,8,12,14,17H,4-5,7,9-11,13,15H2,1-3H3;3-5H,1-2H3;2-5H2,1H3. The lowest BCUT2D eigenvalue weighted by molar-refractivity contribution is -0.137. The van der Waals surface area contributed by atoms with E-state index in [4.69, 9.17) is 5.73 Å². The minimum atomic E-state index is -4.22. The number of benzene rings is 2. The molecule has 2 N–H and O–H groups in total. The first kappa shape index (κ1) is 33.2. The number of nitrogens with two attached hydrogens (primary N) is 1. The molecule has 0 bridgehead atoms. The van der Waals surface area contributed by atoms with E-state index in [1.165, 1.54) is 75.8 Å². The molecule has 0 fully saturated rings. The van der Waals surface area contributed by atoms with E-state index in [1.54, 1.807) is 19.4 Å². The second kappa shape index (κ2) is 19.4. The second-order valence-corrected chi connectivity index (χ2v) is 9.55. The van der Waals surface area contributed by atoms with E-state index in [-0.39, 0.29) is 0 Å². The molecule has 0 amide bonds. The van der Waals surface area contributed by atoms with Crippen molar-refractivity contribution in [1.82, 2.24) is 0 Å². The summed E-state index contributed by atoms with van der Waals surface area (Å²) in [4.78, 5) is 0. The van der Waals surface area contributed by atoms with Crippen LogP contribution in [0.5, 0.6) is 0 Å². The van der Waals surface area contributed by atoms with Gasteiger partial charge in [0.25, 0.3) is 0 Å². The van der Waals surface area contributed by atoms with Gasteiger partial charge < -0.3 is 5.73 Å². The van der Waals surface area contributed by atoms with Gasteiger partial charge in [0.15, 0.2) is 0 Å². The number of unbranched alkanes of at least 4 members (excludes halogenated alkanes) is 2. The van der Waals surface area contributed by atoms with E-state index in [1.807, 2.05) is 0 Å². The third-order valence-corrected chi connectivity index (χ3v) is 6.36. The van der Waals surface area contributed by atoms with Crippen LogP contribution >= 0.6 is 0 Å². The molecule has 0 saturated carbocycles. The molecule has 2 rings (SSSR count). The smallest absolute Gasteiger partial charge is 0.330 e. The highest BCUT2D eigenvalue weighted by atomic mass is 19.4. The minimum absolute atomic E-state index is 0.578. The predicted octanol–water partition coefficient (Wildman–Crippen LogP) is 9.99. The van der Waals surface area contributed by atoms with Crippen molar-refractivity contribution in [2.24, 2.45) is 11.7 Å². The van der Waals surface area contributed by atoms with Crippen LogP contribution in [0.15, 0.2) is 42.5 Å². The summed E-state index contributed by atoms with van der Waals surface area (Å²) >= 11 is 0. The molecule has 0 aliphatic carbocycles. The SMILES string of the molecule is CCCC(CCC)CCCCc1ccccc1C.CCCCN.Cc1ccc(C(F)(F)F)cc1C. The highest BCUT2D eigenvalue weighted by Gasteiger charge is 2.30. The van der Waals surface area contributed by atoms with Gasteiger partial charge in [0, 0.05) is 0 Å². The summed E-state index contributed by atoms with van der Waals surface area (Å²) in [5, 5.41) is 0. The van der Waals surface area contributed by atoms with Crippen LogP contribution < -0.4 is 5.73 Å². The van der Waals surface area contributed by atoms with Crippen LogP contribution in [-0.4, -0.2) is 6.54 Å². The summed E-state index contributed by atoms with van der Waals surface area (Å²) in [6.45, 7) is 13.3. The van der Waals surface area contributed by atoms with E-state index >= 15 is 0 Å². The van der Waals surface area contributed by atoms with E-state index in [0.717, 1.165) is 30.2 Å². The van der Waals surface area contributed by atoms with Crippen LogP contribution in [0, 0.1) is 26.7 Å². The molecule has 200 valence electrons. The molecule has 0 radical (unpaired) electrons. The fourth-order valence-corrected chi connectivity index (χ4v) is 4.01. The van der Waals surface area contributed by atoms with Crippen LogP contribution in [0.3, 0.4) is 0 Å². The van der Waals surface area contributed by atoms with Gasteiger partial charge in [-0.3, -0.25) is 0 Å². The largest absolute Gasteiger partial charge is 0.416 e. The van der Waals surface area contributed by atoms with Crippen molar-refractivity contribution in [3.8, 4) is 0 Å². The summed E-state index contributed by atoms with van der Waals surface area (Å²) in [7, 11) is 0. The molecule has 4 heteroatoms. The Morgan fingerprint density at radius 1 is 0.714 bits per heavy atom. The zero-order valence-electron chi connectivity index (χ0n) is 23.1. The Kier molecular flexibility index (Phi) is 18.4. The highest BCUT2D eigenvalue weighted by Crippen LogP contribution is 2.30. The quantitative estimate of drug-likeness (QED) is 0.310. The monoisotopic (exact) mass is 493 g/mol. The van der Waals surface area contributed by atoms with Crippen LogP contribution in [0.1, 0.15) is 106 Å². The van der Waals surface area contributed by atoms with Crippen LogP contribution in [0.2, 0.25) is 0 Å². The third-order valence-electron chi connectivity index (χ3n) is 6.36. The average Bonchev–Trinajstić information content (AvgIpc) is 2.80. The first-order valence-corrected chi connectivity index (χ1v) is 13.5. The number of hydrogen-bond donors (Lipinski definition) is 1. The molecule has 0 unspecified atom stereocenters. The first-order chi connectivity index (χ1) is 16.6. The Bertz CT molecular complexity index is 775. The van der Waals surface area contributed by atoms with Crippen molar-refractivity contribution in [3.63, 3.8) is 0 Å². The van der Waals surface area contributed by atoms with E-state index < -0.39 is 11.7 Å². The van der Waals surface area contributed by atoms with Crippen molar-refractivity contribution < 1.29 is 13.2 Å². The molecule has 0 saturated heterocycles. The van der Waals surface area contributed by atoms with Crippen LogP contribution in [0.4, 0.5) is 13.2 Å². The van der Waals surface area contributed by atoms with Gasteiger partial charge in [-0.15, -0.1) is 0 Å². The molecule has 0 heterocycles. The topological polar surface area (TPSA) is 26.0 Å². The molecule has 0 atom stereocenters. The number of aryl methyl sites for hydroxylation is 4. The highest BCUT2D eigenvalue weighted by molar-refractivity contribution is 5.31. The normalized spacial score (nSPS) is 10.9. The van der Waals surface area contributed by atoms with Gasteiger partial charge >= 0.3 is 6.18 Å². The Hall–Kier alpha value is -1.81. The summed E-state index contributed by atoms with van der Waals surface area (Å²) < 4.78 is 36.3. The van der Waals surface area contributed by atoms with Crippen molar-refractivity contribution in [2.75, 3.05) is 6.54 Å². The van der Waals surface area contributed by atoms with Crippen LogP contribution in [0.25, 0.3) is 0 Å². The van der Waals surface area contributed by atoms with Crippen molar-refractivity contribution in [3.05, 3.63) is 70.3 Å². The molecule has 0 aliphatic heterocycles. The Balaban J connectivity index is 0.000000583. The summed E-state index contributed by atoms with van der Waals surface area (Å²) in [5.41, 5.74) is 9.11. The lowest BCUT2D eigenvalue weighted by Crippen LogP contribution is -2.05. The Morgan fingerprint density at radius 3 is 1.80 bits per heavy atom. The number of halogens is 3. The maximum Gasteiger partial charge on any atom is 0.416 e. The minimum Gasteiger partial charge on any atom is -0.330 e. The van der Waals surface area contributed by atoms with Crippen molar-refractivity contribution in [1.29, 1.82) is 0 Å². The second-order valence-electron chi connectivity index (χ2n) is 9.55. The summed E-state index contributed by atoms with van der Waals surface area (Å²) in [6.07, 6.45) is 9.18. The van der Waals surface area contributed by atoms with Gasteiger partial charge in [-0.25, -0.2) is 0 Å². The van der Waals surface area contributed by atoms with Crippen LogP contribution in [-0.2, 0) is 12.6 Å². The van der Waals surface area contributed by atoms with Crippen molar-refractivity contribution >= 4 is 0 Å². The van der Waals surface area contributed by atoms with E-state index in [0.29, 0.717) is 5.56 Å². The zero-order valence-corrected chi connectivity index (χ0v) is 23.1. The van der Waals surface area contributed by atoms with Gasteiger partial charge in [0.1, 0.15) is 0 Å². The molecule has 2 aromatic rings. The first-order valence-electron chi connectivity index (χ1n) is 13.5. The van der Waals surface area contributed by atoms with Gasteiger partial charge in [-0.2, -0.15) is 13.2 Å². The molecule has 0 aliphatic rings.